The molecule has 0 aliphatic heterocycles. The number of hydrogen-bond donors (Lipinski definition) is 0. The van der Waals surface area contributed by atoms with Crippen molar-refractivity contribution in [2.45, 2.75) is 6.10 Å². The molecule has 0 saturated carbocycles. The Bertz CT molecular complexity index is 592. The molecule has 103 valence electrons. The summed E-state index contributed by atoms with van der Waals surface area (Å²) in [6, 6.07) is 5.02. The van der Waals surface area contributed by atoms with Crippen LogP contribution in [0, 0.1) is 23.3 Å². The van der Waals surface area contributed by atoms with Crippen molar-refractivity contribution in [3.05, 3.63) is 70.8 Å². The van der Waals surface area contributed by atoms with E-state index in [-0.39, 0.29) is 11.1 Å². The summed E-state index contributed by atoms with van der Waals surface area (Å²) in [4.78, 5) is 10.4. The third-order valence-corrected chi connectivity index (χ3v) is 2.66. The molecular weight excluding hydrogens is 276 g/mol. The lowest BCUT2D eigenvalue weighted by Crippen LogP contribution is -2.10. The van der Waals surface area contributed by atoms with Crippen LogP contribution in [0.25, 0.3) is 0 Å². The Kier molecular flexibility index (Phi) is 4.02. The van der Waals surface area contributed by atoms with Gasteiger partial charge in [0, 0.05) is 23.3 Å². The minimum Gasteiger partial charge on any atom is -0.444 e. The molecule has 6 heteroatoms. The maximum atomic E-state index is 13.7. The Morgan fingerprint density at radius 1 is 0.850 bits per heavy atom. The molecule has 2 aromatic rings. The first kappa shape index (κ1) is 14.0. The molecule has 0 aliphatic rings. The zero-order chi connectivity index (χ0) is 14.7. The van der Waals surface area contributed by atoms with E-state index in [1.54, 1.807) is 0 Å². The van der Waals surface area contributed by atoms with Crippen molar-refractivity contribution in [2.75, 3.05) is 0 Å². The van der Waals surface area contributed by atoms with E-state index in [0.29, 0.717) is 12.1 Å². The molecule has 0 bridgehead atoms. The first-order valence-corrected chi connectivity index (χ1v) is 5.45. The van der Waals surface area contributed by atoms with Crippen LogP contribution in [0.15, 0.2) is 36.4 Å². The number of hydrogen-bond acceptors (Lipinski definition) is 2. The second kappa shape index (κ2) is 5.73. The van der Waals surface area contributed by atoms with Crippen LogP contribution in [-0.2, 0) is 9.53 Å². The second-order valence-corrected chi connectivity index (χ2v) is 3.91. The minimum atomic E-state index is -1.48. The van der Waals surface area contributed by atoms with Crippen molar-refractivity contribution in [3.8, 4) is 0 Å². The summed E-state index contributed by atoms with van der Waals surface area (Å²) < 4.78 is 57.6. The Labute approximate surface area is 111 Å². The Morgan fingerprint density at radius 2 is 1.30 bits per heavy atom. The van der Waals surface area contributed by atoms with E-state index in [1.807, 2.05) is 0 Å². The highest BCUT2D eigenvalue weighted by Gasteiger charge is 2.23. The van der Waals surface area contributed by atoms with Gasteiger partial charge in [-0.2, -0.15) is 0 Å². The molecule has 0 aromatic heterocycles. The van der Waals surface area contributed by atoms with E-state index < -0.39 is 29.4 Å². The first-order valence-electron chi connectivity index (χ1n) is 5.45. The molecule has 0 N–H and O–H groups in total. The Hall–Kier alpha value is -2.37. The van der Waals surface area contributed by atoms with Gasteiger partial charge in [0.15, 0.2) is 6.10 Å². The molecule has 2 rings (SSSR count). The van der Waals surface area contributed by atoms with Gasteiger partial charge in [-0.1, -0.05) is 0 Å². The summed E-state index contributed by atoms with van der Waals surface area (Å²) in [5, 5.41) is 0. The molecule has 2 nitrogen and oxygen atoms in total. The van der Waals surface area contributed by atoms with E-state index in [0.717, 1.165) is 30.7 Å². The standard InChI is InChI=1S/C14H7F4O2/c15-8-1-3-10(12(17)5-8)14(20-7-19)11-4-2-9(16)6-13(11)18/h1-6,14H. The predicted molar refractivity (Wildman–Crippen MR) is 61.3 cm³/mol. The van der Waals surface area contributed by atoms with E-state index >= 15 is 0 Å². The van der Waals surface area contributed by atoms with Gasteiger partial charge in [-0.05, 0) is 24.3 Å². The van der Waals surface area contributed by atoms with Crippen LogP contribution in [0.4, 0.5) is 17.6 Å². The summed E-state index contributed by atoms with van der Waals surface area (Å²) >= 11 is 0. The van der Waals surface area contributed by atoms with Crippen molar-refractivity contribution in [2.24, 2.45) is 0 Å². The van der Waals surface area contributed by atoms with Gasteiger partial charge in [0.25, 0.3) is 0 Å². The fraction of sp³-hybridized carbons (Fsp3) is 0.0714. The van der Waals surface area contributed by atoms with E-state index in [9.17, 15) is 22.4 Å². The number of rotatable bonds is 4. The van der Waals surface area contributed by atoms with Gasteiger partial charge in [0.1, 0.15) is 23.3 Å². The van der Waals surface area contributed by atoms with Crippen molar-refractivity contribution in [3.63, 3.8) is 0 Å². The molecular formula is C14H7F4O2. The number of benzene rings is 2. The van der Waals surface area contributed by atoms with Crippen LogP contribution in [0.1, 0.15) is 17.2 Å². The number of ether oxygens (including phenoxy) is 1. The molecule has 0 aliphatic carbocycles. The van der Waals surface area contributed by atoms with Crippen LogP contribution in [0.3, 0.4) is 0 Å². The lowest BCUT2D eigenvalue weighted by atomic mass is 10.00. The lowest BCUT2D eigenvalue weighted by molar-refractivity contribution is 0.206. The highest BCUT2D eigenvalue weighted by atomic mass is 19.1. The molecule has 0 saturated heterocycles. The molecule has 0 fully saturated rings. The zero-order valence-corrected chi connectivity index (χ0v) is 9.87. The molecule has 20 heavy (non-hydrogen) atoms. The number of halogens is 4. The zero-order valence-electron chi connectivity index (χ0n) is 9.87. The topological polar surface area (TPSA) is 26.3 Å². The van der Waals surface area contributed by atoms with Gasteiger partial charge in [-0.25, -0.2) is 22.4 Å². The maximum absolute atomic E-state index is 13.7. The lowest BCUT2D eigenvalue weighted by Gasteiger charge is -2.17. The van der Waals surface area contributed by atoms with Gasteiger partial charge in [0.05, 0.1) is 0 Å². The summed E-state index contributed by atoms with van der Waals surface area (Å²) in [6.07, 6.45) is -1.48. The second-order valence-electron chi connectivity index (χ2n) is 3.91. The van der Waals surface area contributed by atoms with Crippen LogP contribution < -0.4 is 0 Å². The van der Waals surface area contributed by atoms with Crippen molar-refractivity contribution in [1.82, 2.24) is 0 Å². The SMILES string of the molecule is O=[C]OC(c1ccc(F)cc1F)c1ccc(F)cc1F. The van der Waals surface area contributed by atoms with Gasteiger partial charge in [0.2, 0.25) is 0 Å². The molecule has 0 heterocycles. The third kappa shape index (κ3) is 2.79. The van der Waals surface area contributed by atoms with Crippen molar-refractivity contribution >= 4 is 6.47 Å². The van der Waals surface area contributed by atoms with Crippen molar-refractivity contribution < 1.29 is 27.1 Å². The third-order valence-electron chi connectivity index (χ3n) is 2.66. The highest BCUT2D eigenvalue weighted by Crippen LogP contribution is 2.30. The predicted octanol–water partition coefficient (Wildman–Crippen LogP) is 3.42. The molecule has 1 radical (unpaired) electrons. The largest absolute Gasteiger partial charge is 0.444 e. The summed E-state index contributed by atoms with van der Waals surface area (Å²) in [5.41, 5.74) is -0.527. The monoisotopic (exact) mass is 283 g/mol. The van der Waals surface area contributed by atoms with Crippen LogP contribution in [0.2, 0.25) is 0 Å². The summed E-state index contributed by atoms with van der Waals surface area (Å²) in [6.45, 7) is 1.08. The van der Waals surface area contributed by atoms with Gasteiger partial charge in [-0.15, -0.1) is 0 Å². The highest BCUT2D eigenvalue weighted by molar-refractivity contribution is 5.43. The Balaban J connectivity index is 2.52. The minimum absolute atomic E-state index is 0.264. The molecule has 0 atom stereocenters. The van der Waals surface area contributed by atoms with Crippen LogP contribution in [0.5, 0.6) is 0 Å². The Morgan fingerprint density at radius 3 is 1.65 bits per heavy atom. The summed E-state index contributed by atoms with van der Waals surface area (Å²) in [5.74, 6) is -3.71. The summed E-state index contributed by atoms with van der Waals surface area (Å²) in [7, 11) is 0. The van der Waals surface area contributed by atoms with Gasteiger partial charge in [-0.3, -0.25) is 0 Å². The van der Waals surface area contributed by atoms with E-state index in [1.165, 1.54) is 0 Å². The van der Waals surface area contributed by atoms with Crippen LogP contribution in [-0.4, -0.2) is 6.47 Å². The van der Waals surface area contributed by atoms with E-state index in [4.69, 9.17) is 0 Å². The molecule has 0 amide bonds. The number of carbonyl (C=O) groups excluding carboxylic acids is 1. The fourth-order valence-corrected chi connectivity index (χ4v) is 1.77. The quantitative estimate of drug-likeness (QED) is 0.804. The van der Waals surface area contributed by atoms with Gasteiger partial charge >= 0.3 is 6.47 Å². The first-order chi connectivity index (χ1) is 9.52. The maximum Gasteiger partial charge on any atom is 0.418 e. The fourth-order valence-electron chi connectivity index (χ4n) is 1.77. The average molecular weight is 283 g/mol. The van der Waals surface area contributed by atoms with Crippen molar-refractivity contribution in [1.29, 1.82) is 0 Å². The van der Waals surface area contributed by atoms with E-state index in [2.05, 4.69) is 4.74 Å². The van der Waals surface area contributed by atoms with Gasteiger partial charge < -0.3 is 4.74 Å². The molecule has 0 unspecified atom stereocenters. The average Bonchev–Trinajstić information content (AvgIpc) is 2.37. The molecule has 2 aromatic carbocycles. The smallest absolute Gasteiger partial charge is 0.418 e. The van der Waals surface area contributed by atoms with Crippen LogP contribution >= 0.6 is 0 Å². The molecule has 0 spiro atoms. The normalized spacial score (nSPS) is 10.7.